The van der Waals surface area contributed by atoms with E-state index in [1.165, 1.54) is 12.1 Å². The average Bonchev–Trinajstić information content (AvgIpc) is 1.88. The van der Waals surface area contributed by atoms with Crippen LogP contribution in [0.2, 0.25) is 5.02 Å². The van der Waals surface area contributed by atoms with E-state index in [4.69, 9.17) is 21.8 Å². The first-order chi connectivity index (χ1) is 5.20. The summed E-state index contributed by atoms with van der Waals surface area (Å²) < 4.78 is 12.1. The Morgan fingerprint density at radius 1 is 1.55 bits per heavy atom. The summed E-state index contributed by atoms with van der Waals surface area (Å²) in [6.07, 6.45) is 0.750. The van der Waals surface area contributed by atoms with Crippen LogP contribution in [0.1, 0.15) is 0 Å². The van der Waals surface area contributed by atoms with E-state index in [2.05, 4.69) is 0 Å². The molecule has 0 unspecified atom stereocenters. The van der Waals surface area contributed by atoms with E-state index in [1.807, 2.05) is 0 Å². The first-order valence-electron chi connectivity index (χ1n) is 2.65. The summed E-state index contributed by atoms with van der Waals surface area (Å²) in [4.78, 5) is 8.35. The predicted molar refractivity (Wildman–Crippen MR) is 39.8 cm³/mol. The van der Waals surface area contributed by atoms with Crippen LogP contribution in [0, 0.1) is 11.2 Å². The smallest absolute Gasteiger partial charge is 0.222 e. The van der Waals surface area contributed by atoms with Crippen molar-refractivity contribution in [2.45, 2.75) is 0 Å². The number of halogens is 2. The molecular formula is C7H5ClFNO. The van der Waals surface area contributed by atoms with Gasteiger partial charge in [-0.15, -0.1) is 0 Å². The Morgan fingerprint density at radius 2 is 2.09 bits per heavy atom. The number of benzene rings is 1. The van der Waals surface area contributed by atoms with Crippen LogP contribution in [-0.2, 0) is 4.79 Å². The van der Waals surface area contributed by atoms with Crippen LogP contribution in [-0.4, -0.2) is 6.08 Å². The molecular weight excluding hydrogens is 169 g/mol. The molecule has 1 rings (SSSR count). The molecule has 0 spiro atoms. The highest BCUT2D eigenvalue weighted by atomic mass is 35.5. The summed E-state index contributed by atoms with van der Waals surface area (Å²) in [6, 6.07) is 5.82. The third kappa shape index (κ3) is 5.27. The normalized spacial score (nSPS) is 7.45. The Balaban J connectivity index is 0.000000292. The minimum atomic E-state index is -0.294. The van der Waals surface area contributed by atoms with Gasteiger partial charge < -0.3 is 0 Å². The second-order valence-corrected chi connectivity index (χ2v) is 1.98. The number of hydrogen-bond acceptors (Lipinski definition) is 2. The van der Waals surface area contributed by atoms with Crippen molar-refractivity contribution in [2.24, 2.45) is 0 Å². The molecule has 0 bridgehead atoms. The van der Waals surface area contributed by atoms with E-state index in [1.54, 1.807) is 12.1 Å². The van der Waals surface area contributed by atoms with Gasteiger partial charge in [-0.05, 0) is 18.2 Å². The lowest BCUT2D eigenvalue weighted by Crippen LogP contribution is -1.68. The maximum atomic E-state index is 12.1. The highest BCUT2D eigenvalue weighted by Gasteiger charge is 1.86. The minimum Gasteiger partial charge on any atom is -0.222 e. The molecule has 1 aromatic carbocycles. The van der Waals surface area contributed by atoms with Gasteiger partial charge in [0, 0.05) is 5.02 Å². The molecule has 2 nitrogen and oxygen atoms in total. The lowest BCUT2D eigenvalue weighted by molar-refractivity contribution is 0.563. The van der Waals surface area contributed by atoms with Crippen molar-refractivity contribution < 1.29 is 9.18 Å². The Labute approximate surface area is 68.1 Å². The summed E-state index contributed by atoms with van der Waals surface area (Å²) in [5.41, 5.74) is 0. The Hall–Kier alpha value is -1.18. The molecule has 0 fully saturated rings. The molecule has 1 aromatic rings. The molecule has 4 heteroatoms. The van der Waals surface area contributed by atoms with Gasteiger partial charge in [-0.3, -0.25) is 0 Å². The summed E-state index contributed by atoms with van der Waals surface area (Å²) in [6.45, 7) is 0. The van der Waals surface area contributed by atoms with Gasteiger partial charge in [-0.2, -0.15) is 0 Å². The summed E-state index contributed by atoms with van der Waals surface area (Å²) >= 11 is 5.40. The topological polar surface area (TPSA) is 40.9 Å². The Morgan fingerprint density at radius 3 is 2.36 bits per heavy atom. The van der Waals surface area contributed by atoms with E-state index < -0.39 is 0 Å². The van der Waals surface area contributed by atoms with Crippen molar-refractivity contribution >= 4 is 17.7 Å². The number of rotatable bonds is 0. The van der Waals surface area contributed by atoms with Crippen LogP contribution in [0.4, 0.5) is 4.39 Å². The Kier molecular flexibility index (Phi) is 4.99. The van der Waals surface area contributed by atoms with Gasteiger partial charge in [-0.1, -0.05) is 17.7 Å². The quantitative estimate of drug-likeness (QED) is 0.475. The van der Waals surface area contributed by atoms with E-state index in [0.29, 0.717) is 5.02 Å². The first kappa shape index (κ1) is 9.82. The van der Waals surface area contributed by atoms with E-state index in [9.17, 15) is 4.39 Å². The lowest BCUT2D eigenvalue weighted by atomic mass is 10.4. The van der Waals surface area contributed by atoms with E-state index >= 15 is 0 Å². The molecule has 58 valence electrons. The zero-order valence-electron chi connectivity index (χ0n) is 5.47. The van der Waals surface area contributed by atoms with Crippen molar-refractivity contribution in [3.8, 4) is 0 Å². The van der Waals surface area contributed by atoms with Crippen LogP contribution in [0.3, 0.4) is 0 Å². The lowest BCUT2D eigenvalue weighted by Gasteiger charge is -1.85. The third-order valence-corrected chi connectivity index (χ3v) is 1.02. The Bertz CT molecular complexity index is 241. The van der Waals surface area contributed by atoms with Crippen molar-refractivity contribution in [3.63, 3.8) is 0 Å². The van der Waals surface area contributed by atoms with Gasteiger partial charge >= 0.3 is 0 Å². The standard InChI is InChI=1S/C6H4ClF.CHNO/c7-5-2-1-3-6(8)4-5;2-1-3/h1-4H;2H. The van der Waals surface area contributed by atoms with E-state index in [0.717, 1.165) is 6.08 Å². The maximum Gasteiger partial charge on any atom is 0.231 e. The highest BCUT2D eigenvalue weighted by Crippen LogP contribution is 2.07. The van der Waals surface area contributed by atoms with Gasteiger partial charge in [0.25, 0.3) is 0 Å². The van der Waals surface area contributed by atoms with Crippen molar-refractivity contribution in [2.75, 3.05) is 0 Å². The largest absolute Gasteiger partial charge is 0.231 e. The maximum absolute atomic E-state index is 12.1. The second kappa shape index (κ2) is 5.59. The molecule has 0 aliphatic heterocycles. The number of hydrogen-bond donors (Lipinski definition) is 1. The molecule has 0 amide bonds. The van der Waals surface area contributed by atoms with Gasteiger partial charge in [0.05, 0.1) is 0 Å². The average molecular weight is 174 g/mol. The van der Waals surface area contributed by atoms with Crippen molar-refractivity contribution in [3.05, 3.63) is 35.1 Å². The molecule has 0 aliphatic rings. The molecule has 0 saturated carbocycles. The fraction of sp³-hybridized carbons (Fsp3) is 0. The molecule has 1 N–H and O–H groups in total. The van der Waals surface area contributed by atoms with Gasteiger partial charge in [0.1, 0.15) is 5.82 Å². The van der Waals surface area contributed by atoms with Crippen LogP contribution < -0.4 is 0 Å². The SMILES string of the molecule is Fc1cccc(Cl)c1.N=C=O. The molecule has 0 atom stereocenters. The summed E-state index contributed by atoms with van der Waals surface area (Å²) in [5, 5.41) is 5.84. The minimum absolute atomic E-state index is 0.294. The molecule has 11 heavy (non-hydrogen) atoms. The van der Waals surface area contributed by atoms with Crippen molar-refractivity contribution in [1.29, 1.82) is 5.41 Å². The number of isocyanates is 1. The zero-order chi connectivity index (χ0) is 8.69. The van der Waals surface area contributed by atoms with Crippen molar-refractivity contribution in [1.82, 2.24) is 0 Å². The van der Waals surface area contributed by atoms with Crippen LogP contribution in [0.15, 0.2) is 24.3 Å². The second-order valence-electron chi connectivity index (χ2n) is 1.54. The first-order valence-corrected chi connectivity index (χ1v) is 3.03. The third-order valence-electron chi connectivity index (χ3n) is 0.787. The predicted octanol–water partition coefficient (Wildman–Crippen LogP) is 2.38. The van der Waals surface area contributed by atoms with Crippen LogP contribution >= 0.6 is 11.6 Å². The summed E-state index contributed by atoms with van der Waals surface area (Å²) in [7, 11) is 0. The molecule has 0 radical (unpaired) electrons. The van der Waals surface area contributed by atoms with Crippen LogP contribution in [0.5, 0.6) is 0 Å². The fourth-order valence-electron chi connectivity index (χ4n) is 0.460. The molecule has 0 heterocycles. The molecule has 0 saturated heterocycles. The molecule has 0 aliphatic carbocycles. The highest BCUT2D eigenvalue weighted by molar-refractivity contribution is 6.30. The van der Waals surface area contributed by atoms with Crippen LogP contribution in [0.25, 0.3) is 0 Å². The van der Waals surface area contributed by atoms with E-state index in [-0.39, 0.29) is 5.82 Å². The van der Waals surface area contributed by atoms with Gasteiger partial charge in [0.2, 0.25) is 6.08 Å². The summed E-state index contributed by atoms with van der Waals surface area (Å²) in [5.74, 6) is -0.294. The number of nitrogens with one attached hydrogen (secondary N) is 1. The molecule has 0 aromatic heterocycles. The monoisotopic (exact) mass is 173 g/mol. The van der Waals surface area contributed by atoms with Gasteiger partial charge in [0.15, 0.2) is 0 Å². The number of carbonyl (C=O) groups excluding carboxylic acids is 1. The van der Waals surface area contributed by atoms with Gasteiger partial charge in [-0.25, -0.2) is 14.6 Å². The fourth-order valence-corrected chi connectivity index (χ4v) is 0.637. The zero-order valence-corrected chi connectivity index (χ0v) is 6.23.